The predicted octanol–water partition coefficient (Wildman–Crippen LogP) is 3.32. The molecule has 0 aliphatic carbocycles. The summed E-state index contributed by atoms with van der Waals surface area (Å²) >= 11 is 6.06. The van der Waals surface area contributed by atoms with Crippen LogP contribution in [0.1, 0.15) is 5.56 Å². The SMILES string of the molecule is COc1ccc(CCOc2ccc(Cl)cc2OC2CNC2)cc1. The van der Waals surface area contributed by atoms with Gasteiger partial charge in [-0.15, -0.1) is 0 Å². The van der Waals surface area contributed by atoms with Crippen LogP contribution in [0.5, 0.6) is 17.2 Å². The second kappa shape index (κ2) is 7.57. The van der Waals surface area contributed by atoms with Gasteiger partial charge in [0.2, 0.25) is 0 Å². The van der Waals surface area contributed by atoms with Gasteiger partial charge in [0.1, 0.15) is 11.9 Å². The van der Waals surface area contributed by atoms with E-state index >= 15 is 0 Å². The Hall–Kier alpha value is -1.91. The van der Waals surface area contributed by atoms with Crippen LogP contribution in [0.25, 0.3) is 0 Å². The van der Waals surface area contributed by atoms with E-state index in [4.69, 9.17) is 25.8 Å². The molecule has 0 saturated carbocycles. The van der Waals surface area contributed by atoms with E-state index in [0.717, 1.165) is 31.0 Å². The largest absolute Gasteiger partial charge is 0.497 e. The third-order valence-electron chi connectivity index (χ3n) is 3.75. The minimum atomic E-state index is 0.192. The lowest BCUT2D eigenvalue weighted by Gasteiger charge is -2.28. The van der Waals surface area contributed by atoms with Gasteiger partial charge >= 0.3 is 0 Å². The zero-order chi connectivity index (χ0) is 16.1. The summed E-state index contributed by atoms with van der Waals surface area (Å²) in [5.74, 6) is 2.30. The maximum Gasteiger partial charge on any atom is 0.163 e. The van der Waals surface area contributed by atoms with Crippen molar-refractivity contribution in [2.45, 2.75) is 12.5 Å². The summed E-state index contributed by atoms with van der Waals surface area (Å²) in [6.45, 7) is 2.29. The van der Waals surface area contributed by atoms with Crippen LogP contribution in [0.3, 0.4) is 0 Å². The number of rotatable bonds is 7. The van der Waals surface area contributed by atoms with Crippen LogP contribution in [0.4, 0.5) is 0 Å². The Morgan fingerprint density at radius 3 is 2.52 bits per heavy atom. The molecule has 1 aliphatic heterocycles. The van der Waals surface area contributed by atoms with Gasteiger partial charge in [0.25, 0.3) is 0 Å². The fraction of sp³-hybridized carbons (Fsp3) is 0.333. The van der Waals surface area contributed by atoms with Gasteiger partial charge < -0.3 is 19.5 Å². The van der Waals surface area contributed by atoms with E-state index in [-0.39, 0.29) is 6.10 Å². The van der Waals surface area contributed by atoms with Gasteiger partial charge in [0.15, 0.2) is 11.5 Å². The molecular weight excluding hydrogens is 314 g/mol. The Bertz CT molecular complexity index is 641. The molecule has 0 bridgehead atoms. The maximum absolute atomic E-state index is 6.06. The number of hydrogen-bond donors (Lipinski definition) is 1. The average Bonchev–Trinajstić information content (AvgIpc) is 2.53. The zero-order valence-corrected chi connectivity index (χ0v) is 13.8. The standard InChI is InChI=1S/C18H20ClNO3/c1-21-15-5-2-13(3-6-15)8-9-22-17-7-4-14(19)10-18(17)23-16-11-20-12-16/h2-7,10,16,20H,8-9,11-12H2,1H3. The lowest BCUT2D eigenvalue weighted by atomic mass is 10.1. The fourth-order valence-electron chi connectivity index (χ4n) is 2.29. The fourth-order valence-corrected chi connectivity index (χ4v) is 2.45. The molecule has 1 N–H and O–H groups in total. The van der Waals surface area contributed by atoms with Crippen molar-refractivity contribution in [3.8, 4) is 17.2 Å². The van der Waals surface area contributed by atoms with E-state index in [9.17, 15) is 0 Å². The van der Waals surface area contributed by atoms with E-state index in [1.807, 2.05) is 42.5 Å². The summed E-state index contributed by atoms with van der Waals surface area (Å²) in [7, 11) is 1.66. The first-order valence-corrected chi connectivity index (χ1v) is 8.05. The number of benzene rings is 2. The van der Waals surface area contributed by atoms with Gasteiger partial charge in [-0.3, -0.25) is 0 Å². The highest BCUT2D eigenvalue weighted by Gasteiger charge is 2.20. The molecule has 2 aromatic carbocycles. The maximum atomic E-state index is 6.06. The highest BCUT2D eigenvalue weighted by Crippen LogP contribution is 2.31. The first kappa shape index (κ1) is 16.0. The molecule has 0 aromatic heterocycles. The Morgan fingerprint density at radius 1 is 1.09 bits per heavy atom. The number of nitrogens with one attached hydrogen (secondary N) is 1. The van der Waals surface area contributed by atoms with Gasteiger partial charge in [0.05, 0.1) is 13.7 Å². The first-order chi connectivity index (χ1) is 11.2. The first-order valence-electron chi connectivity index (χ1n) is 7.67. The molecule has 0 amide bonds. The molecule has 3 rings (SSSR count). The summed E-state index contributed by atoms with van der Waals surface area (Å²) in [5.41, 5.74) is 1.20. The Labute approximate surface area is 141 Å². The molecule has 1 aliphatic rings. The van der Waals surface area contributed by atoms with Crippen LogP contribution in [-0.4, -0.2) is 32.9 Å². The smallest absolute Gasteiger partial charge is 0.163 e. The van der Waals surface area contributed by atoms with Crippen LogP contribution in [0, 0.1) is 0 Å². The summed E-state index contributed by atoms with van der Waals surface area (Å²) in [4.78, 5) is 0. The molecule has 0 spiro atoms. The summed E-state index contributed by atoms with van der Waals surface area (Å²) < 4.78 is 17.0. The highest BCUT2D eigenvalue weighted by atomic mass is 35.5. The van der Waals surface area contributed by atoms with Crippen LogP contribution in [-0.2, 0) is 6.42 Å². The molecule has 0 unspecified atom stereocenters. The number of methoxy groups -OCH3 is 1. The monoisotopic (exact) mass is 333 g/mol. The van der Waals surface area contributed by atoms with E-state index in [1.165, 1.54) is 5.56 Å². The average molecular weight is 334 g/mol. The normalized spacial score (nSPS) is 14.2. The van der Waals surface area contributed by atoms with Crippen molar-refractivity contribution in [1.82, 2.24) is 5.32 Å². The van der Waals surface area contributed by atoms with Crippen molar-refractivity contribution in [2.24, 2.45) is 0 Å². The van der Waals surface area contributed by atoms with Gasteiger partial charge in [-0.2, -0.15) is 0 Å². The van der Waals surface area contributed by atoms with E-state index in [2.05, 4.69) is 5.32 Å². The molecule has 122 valence electrons. The quantitative estimate of drug-likeness (QED) is 0.843. The van der Waals surface area contributed by atoms with Crippen LogP contribution in [0.15, 0.2) is 42.5 Å². The molecular formula is C18H20ClNO3. The van der Waals surface area contributed by atoms with Crippen LogP contribution in [0.2, 0.25) is 5.02 Å². The second-order valence-corrected chi connectivity index (χ2v) is 5.87. The molecule has 0 atom stereocenters. The number of hydrogen-bond acceptors (Lipinski definition) is 4. The summed E-state index contributed by atoms with van der Waals surface area (Å²) in [6, 6.07) is 13.5. The van der Waals surface area contributed by atoms with E-state index in [1.54, 1.807) is 7.11 Å². The molecule has 5 heteroatoms. The van der Waals surface area contributed by atoms with Crippen LogP contribution >= 0.6 is 11.6 Å². The molecule has 1 fully saturated rings. The molecule has 2 aromatic rings. The lowest BCUT2D eigenvalue weighted by molar-refractivity contribution is 0.135. The van der Waals surface area contributed by atoms with Crippen LogP contribution < -0.4 is 19.5 Å². The predicted molar refractivity (Wildman–Crippen MR) is 90.9 cm³/mol. The van der Waals surface area contributed by atoms with Crippen molar-refractivity contribution in [3.63, 3.8) is 0 Å². The Balaban J connectivity index is 1.58. The Morgan fingerprint density at radius 2 is 1.87 bits per heavy atom. The third kappa shape index (κ3) is 4.30. The topological polar surface area (TPSA) is 39.7 Å². The Kier molecular flexibility index (Phi) is 5.26. The molecule has 1 heterocycles. The van der Waals surface area contributed by atoms with Gasteiger partial charge in [-0.25, -0.2) is 0 Å². The molecule has 1 saturated heterocycles. The molecule has 4 nitrogen and oxygen atoms in total. The van der Waals surface area contributed by atoms with Crippen molar-refractivity contribution < 1.29 is 14.2 Å². The van der Waals surface area contributed by atoms with Crippen molar-refractivity contribution >= 4 is 11.6 Å². The number of halogens is 1. The minimum absolute atomic E-state index is 0.192. The van der Waals surface area contributed by atoms with Crippen molar-refractivity contribution in [2.75, 3.05) is 26.8 Å². The van der Waals surface area contributed by atoms with E-state index in [0.29, 0.717) is 17.4 Å². The van der Waals surface area contributed by atoms with Crippen molar-refractivity contribution in [3.05, 3.63) is 53.1 Å². The summed E-state index contributed by atoms with van der Waals surface area (Å²) in [5, 5.41) is 3.83. The van der Waals surface area contributed by atoms with Gasteiger partial charge in [-0.1, -0.05) is 23.7 Å². The zero-order valence-electron chi connectivity index (χ0n) is 13.0. The minimum Gasteiger partial charge on any atom is -0.497 e. The van der Waals surface area contributed by atoms with E-state index < -0.39 is 0 Å². The highest BCUT2D eigenvalue weighted by molar-refractivity contribution is 6.30. The van der Waals surface area contributed by atoms with Crippen molar-refractivity contribution in [1.29, 1.82) is 0 Å². The third-order valence-corrected chi connectivity index (χ3v) is 3.99. The summed E-state index contributed by atoms with van der Waals surface area (Å²) in [6.07, 6.45) is 1.01. The molecule has 0 radical (unpaired) electrons. The second-order valence-electron chi connectivity index (χ2n) is 5.44. The van der Waals surface area contributed by atoms with Gasteiger partial charge in [0, 0.05) is 30.6 Å². The molecule has 23 heavy (non-hydrogen) atoms. The number of ether oxygens (including phenoxy) is 3. The van der Waals surface area contributed by atoms with Gasteiger partial charge in [-0.05, 0) is 29.8 Å². The lowest BCUT2D eigenvalue weighted by Crippen LogP contribution is -2.50.